The normalized spacial score (nSPS) is 12.3. The molecule has 0 saturated carbocycles. The van der Waals surface area contributed by atoms with Crippen molar-refractivity contribution >= 4 is 17.0 Å². The molecule has 1 unspecified atom stereocenters. The molecule has 1 atom stereocenters. The van der Waals surface area contributed by atoms with E-state index in [1.165, 1.54) is 6.07 Å². The van der Waals surface area contributed by atoms with Gasteiger partial charge in [-0.2, -0.15) is 0 Å². The zero-order chi connectivity index (χ0) is 14.0. The number of aryl methyl sites for hydroxylation is 2. The Kier molecular flexibility index (Phi) is 4.04. The lowest BCUT2D eigenvalue weighted by atomic mass is 10.2. The lowest BCUT2D eigenvalue weighted by Crippen LogP contribution is -2.08. The number of nitrogens with one attached hydrogen (secondary N) is 1. The topological polar surface area (TPSA) is 34.1 Å². The first-order valence-corrected chi connectivity index (χ1v) is 6.87. The molecule has 2 rings (SSSR count). The third-order valence-corrected chi connectivity index (χ3v) is 4.13. The molecule has 0 spiro atoms. The van der Waals surface area contributed by atoms with Crippen LogP contribution in [0.5, 0.6) is 5.75 Å². The van der Waals surface area contributed by atoms with Crippen molar-refractivity contribution in [2.75, 3.05) is 12.4 Å². The molecule has 5 heteroatoms. The summed E-state index contributed by atoms with van der Waals surface area (Å²) in [6, 6.07) is 4.67. The third kappa shape index (κ3) is 3.04. The van der Waals surface area contributed by atoms with Gasteiger partial charge in [0.1, 0.15) is 11.6 Å². The molecule has 3 nitrogen and oxygen atoms in total. The van der Waals surface area contributed by atoms with E-state index in [4.69, 9.17) is 4.74 Å². The number of ether oxygens (including phenoxy) is 1. The number of anilines is 1. The number of aromatic nitrogens is 1. The summed E-state index contributed by atoms with van der Waals surface area (Å²) in [5, 5.41) is 4.19. The van der Waals surface area contributed by atoms with Crippen molar-refractivity contribution in [2.45, 2.75) is 26.8 Å². The van der Waals surface area contributed by atoms with Gasteiger partial charge in [0.2, 0.25) is 0 Å². The fourth-order valence-corrected chi connectivity index (χ4v) is 2.92. The van der Waals surface area contributed by atoms with E-state index in [9.17, 15) is 4.39 Å². The fourth-order valence-electron chi connectivity index (χ4n) is 1.99. The summed E-state index contributed by atoms with van der Waals surface area (Å²) >= 11 is 1.63. The largest absolute Gasteiger partial charge is 0.497 e. The van der Waals surface area contributed by atoms with Crippen LogP contribution in [0.1, 0.15) is 28.5 Å². The van der Waals surface area contributed by atoms with Crippen LogP contribution in [0, 0.1) is 19.7 Å². The zero-order valence-electron chi connectivity index (χ0n) is 11.5. The number of rotatable bonds is 4. The summed E-state index contributed by atoms with van der Waals surface area (Å²) in [6.45, 7) is 5.94. The van der Waals surface area contributed by atoms with Gasteiger partial charge >= 0.3 is 0 Å². The molecule has 1 aromatic heterocycles. The first-order valence-electron chi connectivity index (χ1n) is 6.05. The van der Waals surface area contributed by atoms with Crippen molar-refractivity contribution in [2.24, 2.45) is 0 Å². The average Bonchev–Trinajstić information content (AvgIpc) is 2.71. The highest BCUT2D eigenvalue weighted by Gasteiger charge is 2.14. The maximum Gasteiger partial charge on any atom is 0.146 e. The molecule has 1 aromatic carbocycles. The van der Waals surface area contributed by atoms with Crippen LogP contribution in [0.25, 0.3) is 0 Å². The number of halogens is 1. The maximum absolute atomic E-state index is 13.8. The van der Waals surface area contributed by atoms with E-state index in [1.54, 1.807) is 30.6 Å². The molecule has 0 saturated heterocycles. The summed E-state index contributed by atoms with van der Waals surface area (Å²) in [5.74, 6) is 0.347. The number of hydrogen-bond acceptors (Lipinski definition) is 4. The lowest BCUT2D eigenvalue weighted by molar-refractivity contribution is 0.414. The first kappa shape index (κ1) is 13.8. The van der Waals surface area contributed by atoms with Crippen LogP contribution in [-0.4, -0.2) is 12.1 Å². The van der Waals surface area contributed by atoms with Gasteiger partial charge < -0.3 is 10.1 Å². The molecule has 0 fully saturated rings. The van der Waals surface area contributed by atoms with Gasteiger partial charge in [0.25, 0.3) is 0 Å². The summed E-state index contributed by atoms with van der Waals surface area (Å²) < 4.78 is 18.9. The average molecular weight is 280 g/mol. The highest BCUT2D eigenvalue weighted by Crippen LogP contribution is 2.29. The van der Waals surface area contributed by atoms with E-state index in [2.05, 4.69) is 10.3 Å². The van der Waals surface area contributed by atoms with Gasteiger partial charge in [-0.3, -0.25) is 0 Å². The Balaban J connectivity index is 2.23. The van der Waals surface area contributed by atoms with E-state index in [1.807, 2.05) is 20.8 Å². The second-order valence-electron chi connectivity index (χ2n) is 4.39. The second kappa shape index (κ2) is 5.57. The summed E-state index contributed by atoms with van der Waals surface area (Å²) in [7, 11) is 1.57. The Morgan fingerprint density at radius 3 is 2.68 bits per heavy atom. The van der Waals surface area contributed by atoms with Crippen molar-refractivity contribution in [3.8, 4) is 5.75 Å². The number of hydrogen-bond donors (Lipinski definition) is 1. The Morgan fingerprint density at radius 1 is 1.37 bits per heavy atom. The standard InChI is InChI=1S/C14H17FN2OS/c1-8-14(19-10(3)16-8)9(2)17-13-7-11(18-4)5-6-12(13)15/h5-7,9,17H,1-4H3. The smallest absolute Gasteiger partial charge is 0.146 e. The van der Waals surface area contributed by atoms with Crippen LogP contribution in [0.3, 0.4) is 0 Å². The van der Waals surface area contributed by atoms with Crippen molar-refractivity contribution < 1.29 is 9.13 Å². The van der Waals surface area contributed by atoms with Gasteiger partial charge in [-0.15, -0.1) is 11.3 Å². The van der Waals surface area contributed by atoms with Crippen LogP contribution >= 0.6 is 11.3 Å². The minimum Gasteiger partial charge on any atom is -0.497 e. The van der Waals surface area contributed by atoms with Gasteiger partial charge in [-0.1, -0.05) is 0 Å². The third-order valence-electron chi connectivity index (χ3n) is 2.88. The van der Waals surface area contributed by atoms with Crippen molar-refractivity contribution in [3.63, 3.8) is 0 Å². The zero-order valence-corrected chi connectivity index (χ0v) is 12.3. The monoisotopic (exact) mass is 280 g/mol. The Hall–Kier alpha value is -1.62. The van der Waals surface area contributed by atoms with Crippen LogP contribution in [-0.2, 0) is 0 Å². The quantitative estimate of drug-likeness (QED) is 0.916. The van der Waals surface area contributed by atoms with Crippen molar-refractivity contribution in [1.29, 1.82) is 0 Å². The van der Waals surface area contributed by atoms with Gasteiger partial charge in [0.15, 0.2) is 0 Å². The molecule has 0 amide bonds. The molecule has 0 aliphatic rings. The molecular weight excluding hydrogens is 263 g/mol. The minimum absolute atomic E-state index is 0.00723. The second-order valence-corrected chi connectivity index (χ2v) is 5.63. The minimum atomic E-state index is -0.286. The molecule has 0 radical (unpaired) electrons. The van der Waals surface area contributed by atoms with Crippen LogP contribution in [0.2, 0.25) is 0 Å². The fraction of sp³-hybridized carbons (Fsp3) is 0.357. The molecule has 19 heavy (non-hydrogen) atoms. The van der Waals surface area contributed by atoms with E-state index in [-0.39, 0.29) is 11.9 Å². The lowest BCUT2D eigenvalue weighted by Gasteiger charge is -2.15. The summed E-state index contributed by atoms with van der Waals surface area (Å²) in [5.41, 5.74) is 1.43. The molecule has 102 valence electrons. The predicted molar refractivity (Wildman–Crippen MR) is 76.6 cm³/mol. The summed E-state index contributed by atoms with van der Waals surface area (Å²) in [6.07, 6.45) is 0. The molecule has 1 N–H and O–H groups in total. The Morgan fingerprint density at radius 2 is 2.11 bits per heavy atom. The van der Waals surface area contributed by atoms with Crippen molar-refractivity contribution in [3.05, 3.63) is 39.6 Å². The highest BCUT2D eigenvalue weighted by atomic mass is 32.1. The van der Waals surface area contributed by atoms with Gasteiger partial charge in [0, 0.05) is 10.9 Å². The maximum atomic E-state index is 13.8. The van der Waals surface area contributed by atoms with Gasteiger partial charge in [0.05, 0.1) is 29.5 Å². The Bertz CT molecular complexity index is 583. The number of methoxy groups -OCH3 is 1. The van der Waals surface area contributed by atoms with Crippen molar-refractivity contribution in [1.82, 2.24) is 4.98 Å². The van der Waals surface area contributed by atoms with Crippen LogP contribution in [0.4, 0.5) is 10.1 Å². The molecule has 1 heterocycles. The molecular formula is C14H17FN2OS. The van der Waals surface area contributed by atoms with E-state index >= 15 is 0 Å². The highest BCUT2D eigenvalue weighted by molar-refractivity contribution is 7.11. The van der Waals surface area contributed by atoms with E-state index in [0.717, 1.165) is 15.6 Å². The number of nitrogens with zero attached hydrogens (tertiary/aromatic N) is 1. The predicted octanol–water partition coefficient (Wildman–Crippen LogP) is 4.08. The Labute approximate surface area is 116 Å². The van der Waals surface area contributed by atoms with E-state index < -0.39 is 0 Å². The SMILES string of the molecule is COc1ccc(F)c(NC(C)c2sc(C)nc2C)c1. The first-order chi connectivity index (χ1) is 9.01. The number of thiazole rings is 1. The molecule has 0 bridgehead atoms. The van der Waals surface area contributed by atoms with Gasteiger partial charge in [-0.25, -0.2) is 9.37 Å². The molecule has 0 aliphatic carbocycles. The van der Waals surface area contributed by atoms with Crippen LogP contribution in [0.15, 0.2) is 18.2 Å². The summed E-state index contributed by atoms with van der Waals surface area (Å²) in [4.78, 5) is 5.51. The number of benzene rings is 1. The van der Waals surface area contributed by atoms with E-state index in [0.29, 0.717) is 11.4 Å². The molecule has 2 aromatic rings. The van der Waals surface area contributed by atoms with Gasteiger partial charge in [-0.05, 0) is 32.9 Å². The van der Waals surface area contributed by atoms with Crippen LogP contribution < -0.4 is 10.1 Å². The molecule has 0 aliphatic heterocycles.